The van der Waals surface area contributed by atoms with E-state index >= 15 is 0 Å². The largest absolute Gasteiger partial charge is 0.498 e. The zero-order valence-corrected chi connectivity index (χ0v) is 26.2. The maximum atomic E-state index is 13.6. The molecule has 0 unspecified atom stereocenters. The molecule has 1 aliphatic rings. The van der Waals surface area contributed by atoms with Crippen molar-refractivity contribution in [1.29, 1.82) is 0 Å². The van der Waals surface area contributed by atoms with E-state index in [2.05, 4.69) is 69.7 Å². The fourth-order valence-corrected chi connectivity index (χ4v) is 5.43. The lowest BCUT2D eigenvalue weighted by Crippen LogP contribution is -2.51. The third-order valence-corrected chi connectivity index (χ3v) is 11.9. The predicted octanol–water partition coefficient (Wildman–Crippen LogP) is 5.37. The number of esters is 2. The van der Waals surface area contributed by atoms with Crippen LogP contribution in [0.15, 0.2) is 35.3 Å². The molecule has 0 aromatic heterocycles. The van der Waals surface area contributed by atoms with Crippen molar-refractivity contribution >= 4 is 28.3 Å². The highest BCUT2D eigenvalue weighted by Gasteiger charge is 2.57. The fourth-order valence-electron chi connectivity index (χ4n) is 3.55. The minimum absolute atomic E-state index is 0.0795. The van der Waals surface area contributed by atoms with Gasteiger partial charge in [0.25, 0.3) is 0 Å². The average Bonchev–Trinajstić information content (AvgIpc) is 2.96. The highest BCUT2D eigenvalue weighted by molar-refractivity contribution is 6.83. The number of hydrogen-bond acceptors (Lipinski definition) is 7. The zero-order valence-electron chi connectivity index (χ0n) is 24.2. The molecule has 0 bridgehead atoms. The molecule has 0 aromatic carbocycles. The summed E-state index contributed by atoms with van der Waals surface area (Å²) >= 11 is 0. The van der Waals surface area contributed by atoms with E-state index in [-0.39, 0.29) is 16.4 Å². The van der Waals surface area contributed by atoms with Gasteiger partial charge in [0.15, 0.2) is 8.32 Å². The molecule has 9 heteroatoms. The van der Waals surface area contributed by atoms with Gasteiger partial charge in [-0.1, -0.05) is 52.4 Å². The number of carbonyl (C=O) groups excluding carboxylic acids is 2. The minimum atomic E-state index is -2.31. The zero-order chi connectivity index (χ0) is 28.1. The topological polar surface area (TPSA) is 80.3 Å². The van der Waals surface area contributed by atoms with Gasteiger partial charge in [-0.3, -0.25) is 0 Å². The van der Waals surface area contributed by atoms with Crippen LogP contribution in [0.4, 0.5) is 0 Å². The summed E-state index contributed by atoms with van der Waals surface area (Å²) in [5.41, 5.74) is 2.61. The van der Waals surface area contributed by atoms with Crippen molar-refractivity contribution in [3.63, 3.8) is 0 Å². The molecule has 3 atom stereocenters. The summed E-state index contributed by atoms with van der Waals surface area (Å²) in [4.78, 5) is 25.2. The van der Waals surface area contributed by atoms with E-state index in [9.17, 15) is 9.59 Å². The number of methoxy groups -OCH3 is 3. The molecule has 1 rings (SSSR count). The Bertz CT molecular complexity index is 984. The molecule has 36 heavy (non-hydrogen) atoms. The standard InChI is InChI=1S/C27H44O7Si2/c1-19(18-20(28)30-6)33-25(29)21-22(31-7)23(32-8)24(34-36(12,13)26(2,3)4)27(21,5)16-14-15-17-35(9,10)11/h14,16,18,23-24H,1-13H3/b16-14-,19-18+/t23-,24+,27+/m0/s1. The Morgan fingerprint density at radius 2 is 1.64 bits per heavy atom. The molecule has 0 amide bonds. The first-order valence-electron chi connectivity index (χ1n) is 12.0. The summed E-state index contributed by atoms with van der Waals surface area (Å²) in [5.74, 6) is 2.31. The smallest absolute Gasteiger partial charge is 0.343 e. The summed E-state index contributed by atoms with van der Waals surface area (Å²) < 4.78 is 28.7. The van der Waals surface area contributed by atoms with Gasteiger partial charge in [-0.2, -0.15) is 0 Å². The Kier molecular flexibility index (Phi) is 10.6. The SMILES string of the molecule is COC(=O)/C=C(\C)OC(=O)C1=C(OC)[C@H](OC)[C@@H](O[Si](C)(C)C(C)(C)C)[C@]1(C)/C=C\C#C[Si](C)(C)C. The van der Waals surface area contributed by atoms with Crippen LogP contribution in [0, 0.1) is 16.9 Å². The molecule has 0 N–H and O–H groups in total. The van der Waals surface area contributed by atoms with Crippen LogP contribution in [-0.4, -0.2) is 61.9 Å². The maximum Gasteiger partial charge on any atom is 0.343 e. The summed E-state index contributed by atoms with van der Waals surface area (Å²) in [6.07, 6.45) is 3.57. The summed E-state index contributed by atoms with van der Waals surface area (Å²) in [5, 5.41) is -0.0795. The van der Waals surface area contributed by atoms with Crippen LogP contribution in [0.5, 0.6) is 0 Å². The van der Waals surface area contributed by atoms with Crippen LogP contribution in [-0.2, 0) is 33.0 Å². The third kappa shape index (κ3) is 7.69. The molecular formula is C27H44O7Si2. The van der Waals surface area contributed by atoms with E-state index in [4.69, 9.17) is 18.6 Å². The van der Waals surface area contributed by atoms with Crippen molar-refractivity contribution in [1.82, 2.24) is 0 Å². The van der Waals surface area contributed by atoms with Gasteiger partial charge in [0.2, 0.25) is 0 Å². The van der Waals surface area contributed by atoms with Gasteiger partial charge in [-0.25, -0.2) is 9.59 Å². The van der Waals surface area contributed by atoms with Gasteiger partial charge < -0.3 is 23.4 Å². The lowest BCUT2D eigenvalue weighted by Gasteiger charge is -2.43. The van der Waals surface area contributed by atoms with Crippen molar-refractivity contribution in [3.05, 3.63) is 35.3 Å². The molecule has 0 fully saturated rings. The highest BCUT2D eigenvalue weighted by Crippen LogP contribution is 2.51. The third-order valence-electron chi connectivity index (χ3n) is 6.55. The maximum absolute atomic E-state index is 13.6. The van der Waals surface area contributed by atoms with Gasteiger partial charge in [0.05, 0.1) is 32.0 Å². The number of ether oxygens (including phenoxy) is 4. The van der Waals surface area contributed by atoms with E-state index in [0.717, 1.165) is 6.08 Å². The van der Waals surface area contributed by atoms with E-state index in [1.165, 1.54) is 21.1 Å². The molecule has 1 aliphatic carbocycles. The molecule has 0 aromatic rings. The average molecular weight is 537 g/mol. The van der Waals surface area contributed by atoms with Crippen molar-refractivity contribution < 1.29 is 33.0 Å². The lowest BCUT2D eigenvalue weighted by molar-refractivity contribution is -0.137. The lowest BCUT2D eigenvalue weighted by atomic mass is 9.80. The van der Waals surface area contributed by atoms with Crippen LogP contribution in [0.3, 0.4) is 0 Å². The Hall–Kier alpha value is -2.13. The fraction of sp³-hybridized carbons (Fsp3) is 0.630. The normalized spacial score (nSPS) is 23.4. The molecule has 0 heterocycles. The first kappa shape index (κ1) is 31.9. The first-order valence-corrected chi connectivity index (χ1v) is 18.4. The Labute approximate surface area is 219 Å². The Morgan fingerprint density at radius 1 is 1.06 bits per heavy atom. The number of hydrogen-bond donors (Lipinski definition) is 0. The van der Waals surface area contributed by atoms with Crippen LogP contribution in [0.2, 0.25) is 37.8 Å². The van der Waals surface area contributed by atoms with E-state index in [1.807, 2.05) is 13.0 Å². The molecule has 0 saturated carbocycles. The minimum Gasteiger partial charge on any atom is -0.498 e. The van der Waals surface area contributed by atoms with Crippen LogP contribution in [0.1, 0.15) is 34.6 Å². The Morgan fingerprint density at radius 3 is 2.08 bits per heavy atom. The number of carbonyl (C=O) groups is 2. The van der Waals surface area contributed by atoms with E-state index in [0.29, 0.717) is 5.76 Å². The first-order chi connectivity index (χ1) is 16.3. The molecule has 0 radical (unpaired) electrons. The summed E-state index contributed by atoms with van der Waals surface area (Å²) in [6.45, 7) is 20.7. The Balaban J connectivity index is 3.73. The van der Waals surface area contributed by atoms with Gasteiger partial charge in [0, 0.05) is 12.5 Å². The monoisotopic (exact) mass is 536 g/mol. The molecule has 7 nitrogen and oxygen atoms in total. The molecule has 0 spiro atoms. The van der Waals surface area contributed by atoms with E-state index in [1.54, 1.807) is 13.2 Å². The second kappa shape index (κ2) is 11.9. The van der Waals surface area contributed by atoms with E-state index < -0.39 is 46.0 Å². The van der Waals surface area contributed by atoms with Gasteiger partial charge in [-0.15, -0.1) is 5.54 Å². The van der Waals surface area contributed by atoms with Gasteiger partial charge in [-0.05, 0) is 38.1 Å². The van der Waals surface area contributed by atoms with Crippen molar-refractivity contribution in [3.8, 4) is 11.5 Å². The quantitative estimate of drug-likeness (QED) is 0.136. The summed E-state index contributed by atoms with van der Waals surface area (Å²) in [6, 6.07) is 0. The van der Waals surface area contributed by atoms with Gasteiger partial charge >= 0.3 is 11.9 Å². The molecule has 202 valence electrons. The summed E-state index contributed by atoms with van der Waals surface area (Å²) in [7, 11) is 0.408. The van der Waals surface area contributed by atoms with Crippen molar-refractivity contribution in [2.45, 2.75) is 84.6 Å². The highest BCUT2D eigenvalue weighted by atomic mass is 28.4. The molecule has 0 saturated heterocycles. The predicted molar refractivity (Wildman–Crippen MR) is 147 cm³/mol. The van der Waals surface area contributed by atoms with Crippen LogP contribution < -0.4 is 0 Å². The second-order valence-corrected chi connectivity index (χ2v) is 21.2. The van der Waals surface area contributed by atoms with Crippen molar-refractivity contribution in [2.24, 2.45) is 5.41 Å². The van der Waals surface area contributed by atoms with Crippen LogP contribution in [0.25, 0.3) is 0 Å². The van der Waals surface area contributed by atoms with Gasteiger partial charge in [0.1, 0.15) is 25.7 Å². The number of rotatable bonds is 8. The molecular weight excluding hydrogens is 492 g/mol. The molecule has 0 aliphatic heterocycles. The van der Waals surface area contributed by atoms with Crippen LogP contribution >= 0.6 is 0 Å². The van der Waals surface area contributed by atoms with Crippen molar-refractivity contribution in [2.75, 3.05) is 21.3 Å². The number of allylic oxidation sites excluding steroid dienone is 2. The second-order valence-electron chi connectivity index (χ2n) is 11.7.